The molecule has 1 aromatic rings. The number of amides is 1. The molecule has 0 unspecified atom stereocenters. The molecule has 0 aromatic carbocycles. The second kappa shape index (κ2) is 9.00. The highest BCUT2D eigenvalue weighted by molar-refractivity contribution is 5.78. The van der Waals surface area contributed by atoms with Crippen molar-refractivity contribution in [1.29, 1.82) is 0 Å². The van der Waals surface area contributed by atoms with Gasteiger partial charge in [-0.05, 0) is 32.6 Å². The minimum absolute atomic E-state index is 0.0833. The maximum absolute atomic E-state index is 12.0. The molecule has 26 heavy (non-hydrogen) atoms. The Morgan fingerprint density at radius 3 is 2.12 bits per heavy atom. The summed E-state index contributed by atoms with van der Waals surface area (Å²) in [4.78, 5) is 30.1. The molecular weight excluding hydrogens is 332 g/mol. The van der Waals surface area contributed by atoms with Crippen molar-refractivity contribution < 1.29 is 9.53 Å². The Hall–Kier alpha value is -2.12. The Morgan fingerprint density at radius 2 is 1.58 bits per heavy atom. The van der Waals surface area contributed by atoms with Crippen molar-refractivity contribution in [1.82, 2.24) is 20.3 Å². The fourth-order valence-corrected chi connectivity index (χ4v) is 3.64. The summed E-state index contributed by atoms with van der Waals surface area (Å²) in [5, 5.41) is 2.92. The molecule has 2 aliphatic rings. The molecule has 1 amide bonds. The monoisotopic (exact) mass is 362 g/mol. The van der Waals surface area contributed by atoms with E-state index in [0.717, 1.165) is 39.0 Å². The largest absolute Gasteiger partial charge is 0.467 e. The molecule has 0 aliphatic carbocycles. The van der Waals surface area contributed by atoms with Gasteiger partial charge in [0.25, 0.3) is 0 Å². The number of carbonyl (C=O) groups excluding carboxylic acids is 1. The predicted octanol–water partition coefficient (Wildman–Crippen LogP) is 1.61. The van der Waals surface area contributed by atoms with Crippen LogP contribution in [0, 0.1) is 5.92 Å². The van der Waals surface area contributed by atoms with Crippen LogP contribution in [0.4, 0.5) is 11.9 Å². The maximum Gasteiger partial charge on any atom is 0.322 e. The minimum Gasteiger partial charge on any atom is -0.467 e. The highest BCUT2D eigenvalue weighted by Gasteiger charge is 2.27. The summed E-state index contributed by atoms with van der Waals surface area (Å²) in [6.45, 7) is 6.14. The summed E-state index contributed by atoms with van der Waals surface area (Å²) in [7, 11) is 1.59. The molecule has 0 saturated carbocycles. The zero-order chi connectivity index (χ0) is 18.4. The first-order chi connectivity index (χ1) is 12.7. The van der Waals surface area contributed by atoms with Crippen molar-refractivity contribution in [2.24, 2.45) is 5.92 Å². The molecule has 1 aromatic heterocycles. The Bertz CT molecular complexity index is 595. The summed E-state index contributed by atoms with van der Waals surface area (Å²) in [6, 6.07) is 0.361. The lowest BCUT2D eigenvalue weighted by molar-refractivity contribution is -0.125. The van der Waals surface area contributed by atoms with Crippen molar-refractivity contribution >= 4 is 17.8 Å². The lowest BCUT2D eigenvalue weighted by atomic mass is 9.96. The number of hydrogen-bond acceptors (Lipinski definition) is 7. The zero-order valence-electron chi connectivity index (χ0n) is 15.9. The smallest absolute Gasteiger partial charge is 0.322 e. The molecule has 2 fully saturated rings. The van der Waals surface area contributed by atoms with E-state index >= 15 is 0 Å². The molecule has 0 spiro atoms. The summed E-state index contributed by atoms with van der Waals surface area (Å²) in [5.74, 6) is 1.61. The number of hydrogen-bond donors (Lipinski definition) is 1. The van der Waals surface area contributed by atoms with Gasteiger partial charge in [-0.1, -0.05) is 12.8 Å². The summed E-state index contributed by atoms with van der Waals surface area (Å²) in [6.07, 6.45) is 6.50. The van der Waals surface area contributed by atoms with E-state index in [2.05, 4.69) is 25.1 Å². The van der Waals surface area contributed by atoms with Gasteiger partial charge in [0.2, 0.25) is 17.8 Å². The quantitative estimate of drug-likeness (QED) is 0.852. The second-order valence-electron chi connectivity index (χ2n) is 6.98. The van der Waals surface area contributed by atoms with Crippen molar-refractivity contribution in [3.63, 3.8) is 0 Å². The third-order valence-electron chi connectivity index (χ3n) is 5.16. The van der Waals surface area contributed by atoms with Crippen molar-refractivity contribution in [3.05, 3.63) is 0 Å². The van der Waals surface area contributed by atoms with E-state index in [0.29, 0.717) is 24.5 Å². The van der Waals surface area contributed by atoms with Gasteiger partial charge in [0.15, 0.2) is 0 Å². The van der Waals surface area contributed by atoms with Crippen LogP contribution in [0.5, 0.6) is 6.01 Å². The number of anilines is 2. The van der Waals surface area contributed by atoms with E-state index in [1.54, 1.807) is 7.11 Å². The molecule has 3 rings (SSSR count). The highest BCUT2D eigenvalue weighted by Crippen LogP contribution is 2.25. The van der Waals surface area contributed by atoms with Gasteiger partial charge in [0, 0.05) is 38.6 Å². The van der Waals surface area contributed by atoms with E-state index in [1.807, 2.05) is 6.92 Å². The van der Waals surface area contributed by atoms with E-state index in [9.17, 15) is 4.79 Å². The van der Waals surface area contributed by atoms with Gasteiger partial charge in [-0.3, -0.25) is 4.79 Å². The van der Waals surface area contributed by atoms with Gasteiger partial charge in [-0.25, -0.2) is 0 Å². The van der Waals surface area contributed by atoms with Gasteiger partial charge in [-0.2, -0.15) is 15.0 Å². The van der Waals surface area contributed by atoms with Crippen LogP contribution in [0.15, 0.2) is 0 Å². The molecule has 2 aliphatic heterocycles. The van der Waals surface area contributed by atoms with Crippen LogP contribution < -0.4 is 19.9 Å². The van der Waals surface area contributed by atoms with Crippen LogP contribution >= 0.6 is 0 Å². The number of methoxy groups -OCH3 is 1. The summed E-state index contributed by atoms with van der Waals surface area (Å²) in [5.41, 5.74) is 0. The van der Waals surface area contributed by atoms with E-state index < -0.39 is 0 Å². The standard InChI is InChI=1S/C18H30N6O2/c1-3-19-15(25)14-8-12-24(13-9-14)17-20-16(21-18(22-17)26-2)23-10-6-4-5-7-11-23/h14H,3-13H2,1-2H3,(H,19,25). The Morgan fingerprint density at radius 1 is 1.00 bits per heavy atom. The number of nitrogens with one attached hydrogen (secondary N) is 1. The van der Waals surface area contributed by atoms with Crippen LogP contribution in [-0.2, 0) is 4.79 Å². The van der Waals surface area contributed by atoms with Crippen molar-refractivity contribution in [2.75, 3.05) is 49.6 Å². The number of rotatable bonds is 5. The van der Waals surface area contributed by atoms with Crippen LogP contribution in [-0.4, -0.2) is 60.7 Å². The van der Waals surface area contributed by atoms with Crippen LogP contribution in [0.1, 0.15) is 45.4 Å². The van der Waals surface area contributed by atoms with E-state index in [-0.39, 0.29) is 11.8 Å². The average Bonchev–Trinajstić information content (AvgIpc) is 2.97. The fourth-order valence-electron chi connectivity index (χ4n) is 3.64. The molecule has 144 valence electrons. The van der Waals surface area contributed by atoms with Gasteiger partial charge in [-0.15, -0.1) is 0 Å². The number of piperidine rings is 1. The van der Waals surface area contributed by atoms with E-state index in [4.69, 9.17) is 9.72 Å². The SMILES string of the molecule is CCNC(=O)C1CCN(c2nc(OC)nc(N3CCCCCC3)n2)CC1. The fraction of sp³-hybridized carbons (Fsp3) is 0.778. The van der Waals surface area contributed by atoms with E-state index in [1.165, 1.54) is 25.7 Å². The van der Waals surface area contributed by atoms with Crippen LogP contribution in [0.3, 0.4) is 0 Å². The van der Waals surface area contributed by atoms with Crippen LogP contribution in [0.2, 0.25) is 0 Å². The van der Waals surface area contributed by atoms with Crippen molar-refractivity contribution in [3.8, 4) is 6.01 Å². The second-order valence-corrected chi connectivity index (χ2v) is 6.98. The lowest BCUT2D eigenvalue weighted by Gasteiger charge is -2.32. The Kier molecular flexibility index (Phi) is 6.46. The molecule has 3 heterocycles. The van der Waals surface area contributed by atoms with Gasteiger partial charge in [0.05, 0.1) is 7.11 Å². The van der Waals surface area contributed by atoms with Gasteiger partial charge >= 0.3 is 6.01 Å². The van der Waals surface area contributed by atoms with Gasteiger partial charge in [0.1, 0.15) is 0 Å². The maximum atomic E-state index is 12.0. The third-order valence-corrected chi connectivity index (χ3v) is 5.16. The number of nitrogens with zero attached hydrogens (tertiary/aromatic N) is 5. The molecule has 0 radical (unpaired) electrons. The number of ether oxygens (including phenoxy) is 1. The molecule has 2 saturated heterocycles. The Labute approximate surface area is 155 Å². The number of carbonyl (C=O) groups is 1. The summed E-state index contributed by atoms with van der Waals surface area (Å²) < 4.78 is 5.32. The molecule has 0 atom stereocenters. The molecule has 8 heteroatoms. The van der Waals surface area contributed by atoms with Gasteiger partial charge < -0.3 is 19.9 Å². The summed E-state index contributed by atoms with van der Waals surface area (Å²) >= 11 is 0. The number of aromatic nitrogens is 3. The average molecular weight is 362 g/mol. The first-order valence-corrected chi connectivity index (χ1v) is 9.79. The minimum atomic E-state index is 0.0833. The third kappa shape index (κ3) is 4.53. The topological polar surface area (TPSA) is 83.5 Å². The molecule has 8 nitrogen and oxygen atoms in total. The zero-order valence-corrected chi connectivity index (χ0v) is 15.9. The molecule has 0 bridgehead atoms. The highest BCUT2D eigenvalue weighted by atomic mass is 16.5. The first-order valence-electron chi connectivity index (χ1n) is 9.79. The normalized spacial score (nSPS) is 19.2. The lowest BCUT2D eigenvalue weighted by Crippen LogP contribution is -2.41. The first kappa shape index (κ1) is 18.7. The molecular formula is C18H30N6O2. The predicted molar refractivity (Wildman–Crippen MR) is 101 cm³/mol. The van der Waals surface area contributed by atoms with Crippen molar-refractivity contribution in [2.45, 2.75) is 45.4 Å². The Balaban J connectivity index is 1.71. The molecule has 1 N–H and O–H groups in total. The van der Waals surface area contributed by atoms with Crippen LogP contribution in [0.25, 0.3) is 0 Å².